The summed E-state index contributed by atoms with van der Waals surface area (Å²) in [7, 11) is 4.03. The van der Waals surface area contributed by atoms with E-state index in [2.05, 4.69) is 41.4 Å². The molecule has 0 aliphatic heterocycles. The van der Waals surface area contributed by atoms with Crippen molar-refractivity contribution in [2.75, 3.05) is 27.2 Å². The fourth-order valence-corrected chi connectivity index (χ4v) is 1.69. The van der Waals surface area contributed by atoms with Crippen LogP contribution in [-0.4, -0.2) is 50.1 Å². The summed E-state index contributed by atoms with van der Waals surface area (Å²) in [5, 5.41) is 6.64. The second-order valence-electron chi connectivity index (χ2n) is 4.63. The summed E-state index contributed by atoms with van der Waals surface area (Å²) < 4.78 is 0. The van der Waals surface area contributed by atoms with Crippen molar-refractivity contribution in [3.8, 4) is 0 Å². The van der Waals surface area contributed by atoms with E-state index in [9.17, 15) is 0 Å². The number of guanidine groups is 1. The molecule has 4 nitrogen and oxygen atoms in total. The van der Waals surface area contributed by atoms with Crippen LogP contribution < -0.4 is 10.6 Å². The summed E-state index contributed by atoms with van der Waals surface area (Å²) in [5.74, 6) is 0.915. The van der Waals surface area contributed by atoms with E-state index in [1.807, 2.05) is 7.05 Å². The van der Waals surface area contributed by atoms with Gasteiger partial charge in [0.2, 0.25) is 0 Å². The predicted octanol–water partition coefficient (Wildman–Crippen LogP) is 1.66. The molecule has 0 bridgehead atoms. The molecular weight excluding hydrogens is 327 g/mol. The van der Waals surface area contributed by atoms with Crippen LogP contribution in [-0.2, 0) is 0 Å². The average molecular weight is 354 g/mol. The normalized spacial score (nSPS) is 17.6. The molecular formula is C12H27IN4. The van der Waals surface area contributed by atoms with E-state index in [1.165, 1.54) is 12.8 Å². The summed E-state index contributed by atoms with van der Waals surface area (Å²) in [5.41, 5.74) is 0. The number of rotatable bonds is 6. The minimum Gasteiger partial charge on any atom is -0.356 e. The Morgan fingerprint density at radius 1 is 1.41 bits per heavy atom. The van der Waals surface area contributed by atoms with E-state index in [1.54, 1.807) is 0 Å². The fourth-order valence-electron chi connectivity index (χ4n) is 1.69. The summed E-state index contributed by atoms with van der Waals surface area (Å²) in [6.45, 7) is 6.35. The molecule has 1 saturated carbocycles. The van der Waals surface area contributed by atoms with Crippen LogP contribution >= 0.6 is 24.0 Å². The van der Waals surface area contributed by atoms with Crippen LogP contribution in [0, 0.1) is 0 Å². The summed E-state index contributed by atoms with van der Waals surface area (Å²) in [6.07, 6.45) is 3.85. The van der Waals surface area contributed by atoms with Crippen molar-refractivity contribution in [2.24, 2.45) is 4.99 Å². The number of hydrogen-bond acceptors (Lipinski definition) is 2. The second-order valence-corrected chi connectivity index (χ2v) is 4.63. The van der Waals surface area contributed by atoms with Crippen molar-refractivity contribution in [1.82, 2.24) is 15.5 Å². The lowest BCUT2D eigenvalue weighted by Gasteiger charge is -2.25. The van der Waals surface area contributed by atoms with Crippen LogP contribution in [0.4, 0.5) is 0 Å². The van der Waals surface area contributed by atoms with Crippen LogP contribution in [0.2, 0.25) is 0 Å². The van der Waals surface area contributed by atoms with E-state index in [-0.39, 0.29) is 24.0 Å². The molecule has 0 aromatic carbocycles. The third-order valence-electron chi connectivity index (χ3n) is 3.15. The lowest BCUT2D eigenvalue weighted by Crippen LogP contribution is -2.45. The molecule has 1 fully saturated rings. The number of nitrogens with one attached hydrogen (secondary N) is 2. The number of likely N-dealkylation sites (N-methyl/N-ethyl adjacent to an activating group) is 1. The molecule has 2 N–H and O–H groups in total. The zero-order valence-electron chi connectivity index (χ0n) is 11.5. The highest BCUT2D eigenvalue weighted by Crippen LogP contribution is 2.26. The van der Waals surface area contributed by atoms with Gasteiger partial charge < -0.3 is 10.6 Å². The Hall–Kier alpha value is -0.0400. The van der Waals surface area contributed by atoms with E-state index in [0.717, 1.165) is 31.5 Å². The highest BCUT2D eigenvalue weighted by Gasteiger charge is 2.28. The molecule has 0 amide bonds. The van der Waals surface area contributed by atoms with Crippen LogP contribution in [0.25, 0.3) is 0 Å². The maximum Gasteiger partial charge on any atom is 0.191 e. The molecule has 0 aromatic heterocycles. The third-order valence-corrected chi connectivity index (χ3v) is 3.15. The van der Waals surface area contributed by atoms with Gasteiger partial charge in [0.25, 0.3) is 0 Å². The van der Waals surface area contributed by atoms with Crippen LogP contribution in [0.5, 0.6) is 0 Å². The quantitative estimate of drug-likeness (QED) is 0.433. The third kappa shape index (κ3) is 6.45. The highest BCUT2D eigenvalue weighted by molar-refractivity contribution is 14.0. The standard InChI is InChI=1S/C12H26N4.HI/c1-5-8-14-12(13-3)15-9-10(2)16(4)11-6-7-11;/h10-11H,5-9H2,1-4H3,(H2,13,14,15);1H. The molecule has 0 radical (unpaired) electrons. The van der Waals surface area contributed by atoms with Gasteiger partial charge in [-0.05, 0) is 33.2 Å². The molecule has 0 aromatic rings. The predicted molar refractivity (Wildman–Crippen MR) is 85.3 cm³/mol. The van der Waals surface area contributed by atoms with Gasteiger partial charge >= 0.3 is 0 Å². The minimum absolute atomic E-state index is 0. The molecule has 0 saturated heterocycles. The monoisotopic (exact) mass is 354 g/mol. The van der Waals surface area contributed by atoms with Gasteiger partial charge in [0.15, 0.2) is 5.96 Å². The molecule has 17 heavy (non-hydrogen) atoms. The van der Waals surface area contributed by atoms with Crippen molar-refractivity contribution >= 4 is 29.9 Å². The highest BCUT2D eigenvalue weighted by atomic mass is 127. The Labute approximate surface area is 123 Å². The van der Waals surface area contributed by atoms with Gasteiger partial charge in [-0.2, -0.15) is 0 Å². The smallest absolute Gasteiger partial charge is 0.191 e. The molecule has 1 unspecified atom stereocenters. The second kappa shape index (κ2) is 8.97. The Morgan fingerprint density at radius 3 is 2.53 bits per heavy atom. The van der Waals surface area contributed by atoms with Crippen LogP contribution in [0.3, 0.4) is 0 Å². The lowest BCUT2D eigenvalue weighted by molar-refractivity contribution is 0.247. The zero-order chi connectivity index (χ0) is 12.0. The van der Waals surface area contributed by atoms with Crippen LogP contribution in [0.15, 0.2) is 4.99 Å². The molecule has 1 aliphatic carbocycles. The Kier molecular flexibility index (Phi) is 8.94. The van der Waals surface area contributed by atoms with Gasteiger partial charge in [0.05, 0.1) is 0 Å². The first-order chi connectivity index (χ1) is 7.69. The molecule has 5 heteroatoms. The minimum atomic E-state index is 0. The Morgan fingerprint density at radius 2 is 2.06 bits per heavy atom. The van der Waals surface area contributed by atoms with E-state index in [4.69, 9.17) is 0 Å². The summed E-state index contributed by atoms with van der Waals surface area (Å²) >= 11 is 0. The molecule has 102 valence electrons. The number of halogens is 1. The maximum atomic E-state index is 4.19. The van der Waals surface area contributed by atoms with Gasteiger partial charge in [-0.15, -0.1) is 24.0 Å². The maximum absolute atomic E-state index is 4.19. The SMILES string of the molecule is CCCNC(=NC)NCC(C)N(C)C1CC1.I. The van der Waals surface area contributed by atoms with Crippen molar-refractivity contribution in [3.63, 3.8) is 0 Å². The van der Waals surface area contributed by atoms with Crippen molar-refractivity contribution in [1.29, 1.82) is 0 Å². The average Bonchev–Trinajstić information content (AvgIpc) is 3.12. The van der Waals surface area contributed by atoms with E-state index in [0.29, 0.717) is 6.04 Å². The Balaban J connectivity index is 0.00000256. The number of aliphatic imine (C=N–C) groups is 1. The van der Waals surface area contributed by atoms with Crippen LogP contribution in [0.1, 0.15) is 33.1 Å². The van der Waals surface area contributed by atoms with Crippen molar-refractivity contribution < 1.29 is 0 Å². The van der Waals surface area contributed by atoms with Crippen molar-refractivity contribution in [3.05, 3.63) is 0 Å². The zero-order valence-corrected chi connectivity index (χ0v) is 13.8. The molecule has 1 rings (SSSR count). The van der Waals surface area contributed by atoms with E-state index >= 15 is 0 Å². The first-order valence-electron chi connectivity index (χ1n) is 6.35. The topological polar surface area (TPSA) is 39.7 Å². The van der Waals surface area contributed by atoms with Gasteiger partial charge in [0, 0.05) is 32.2 Å². The molecule has 0 heterocycles. The van der Waals surface area contributed by atoms with Gasteiger partial charge in [-0.1, -0.05) is 6.92 Å². The van der Waals surface area contributed by atoms with Gasteiger partial charge in [0.1, 0.15) is 0 Å². The van der Waals surface area contributed by atoms with Crippen molar-refractivity contribution in [2.45, 2.75) is 45.2 Å². The summed E-state index contributed by atoms with van der Waals surface area (Å²) in [6, 6.07) is 1.38. The number of nitrogens with zero attached hydrogens (tertiary/aromatic N) is 2. The first-order valence-corrected chi connectivity index (χ1v) is 6.35. The van der Waals surface area contributed by atoms with E-state index < -0.39 is 0 Å². The first kappa shape index (κ1) is 17.0. The summed E-state index contributed by atoms with van der Waals surface area (Å²) in [4.78, 5) is 6.65. The largest absolute Gasteiger partial charge is 0.356 e. The molecule has 0 spiro atoms. The van der Waals surface area contributed by atoms with Gasteiger partial charge in [-0.25, -0.2) is 0 Å². The number of hydrogen-bond donors (Lipinski definition) is 2. The Bertz CT molecular complexity index is 229. The lowest BCUT2D eigenvalue weighted by atomic mass is 10.3. The van der Waals surface area contributed by atoms with Gasteiger partial charge in [-0.3, -0.25) is 9.89 Å². The molecule has 1 aliphatic rings. The fraction of sp³-hybridized carbons (Fsp3) is 0.917. The molecule has 1 atom stereocenters.